The summed E-state index contributed by atoms with van der Waals surface area (Å²) >= 11 is 0. The van der Waals surface area contributed by atoms with Crippen LogP contribution in [0.25, 0.3) is 0 Å². The highest BCUT2D eigenvalue weighted by atomic mass is 16.2. The Bertz CT molecular complexity index is 328. The smallest absolute Gasteiger partial charge is 0.240 e. The molecule has 1 rings (SSSR count). The molecular weight excluding hydrogens is 262 g/mol. The van der Waals surface area contributed by atoms with Crippen LogP contribution in [0.3, 0.4) is 0 Å². The number of hydrogen-bond donors (Lipinski definition) is 2. The van der Waals surface area contributed by atoms with Crippen molar-refractivity contribution >= 4 is 5.91 Å². The summed E-state index contributed by atoms with van der Waals surface area (Å²) in [6.45, 7) is 7.34. The first-order valence-corrected chi connectivity index (χ1v) is 8.57. The average Bonchev–Trinajstić information content (AvgIpc) is 2.42. The fourth-order valence-electron chi connectivity index (χ4n) is 3.78. The van der Waals surface area contributed by atoms with Crippen LogP contribution in [-0.4, -0.2) is 43.0 Å². The monoisotopic (exact) mass is 297 g/mol. The van der Waals surface area contributed by atoms with Gasteiger partial charge in [0.1, 0.15) is 0 Å². The van der Waals surface area contributed by atoms with Crippen LogP contribution in [-0.2, 0) is 4.79 Å². The number of carbonyl (C=O) groups is 1. The molecule has 3 atom stereocenters. The molecule has 0 bridgehead atoms. The van der Waals surface area contributed by atoms with E-state index in [0.29, 0.717) is 24.4 Å². The van der Waals surface area contributed by atoms with Crippen molar-refractivity contribution in [1.82, 2.24) is 10.2 Å². The van der Waals surface area contributed by atoms with E-state index in [1.807, 2.05) is 0 Å². The van der Waals surface area contributed by atoms with Gasteiger partial charge in [-0.15, -0.1) is 0 Å². The molecule has 21 heavy (non-hydrogen) atoms. The molecule has 0 heterocycles. The van der Waals surface area contributed by atoms with Gasteiger partial charge in [-0.3, -0.25) is 4.79 Å². The lowest BCUT2D eigenvalue weighted by atomic mass is 9.76. The Morgan fingerprint density at radius 2 is 2.00 bits per heavy atom. The Hall–Kier alpha value is -0.610. The summed E-state index contributed by atoms with van der Waals surface area (Å²) in [6.07, 6.45) is 6.17. The van der Waals surface area contributed by atoms with Crippen molar-refractivity contribution in [3.05, 3.63) is 0 Å². The van der Waals surface area contributed by atoms with E-state index in [1.165, 1.54) is 6.42 Å². The minimum atomic E-state index is -0.650. The van der Waals surface area contributed by atoms with Crippen molar-refractivity contribution in [1.29, 1.82) is 0 Å². The molecule has 0 aromatic carbocycles. The van der Waals surface area contributed by atoms with Crippen LogP contribution < -0.4 is 11.1 Å². The van der Waals surface area contributed by atoms with E-state index < -0.39 is 5.54 Å². The van der Waals surface area contributed by atoms with E-state index in [4.69, 9.17) is 5.73 Å². The summed E-state index contributed by atoms with van der Waals surface area (Å²) in [7, 11) is 4.19. The summed E-state index contributed by atoms with van der Waals surface area (Å²) < 4.78 is 0. The lowest BCUT2D eigenvalue weighted by Crippen LogP contribution is -2.58. The zero-order valence-corrected chi connectivity index (χ0v) is 14.6. The maximum Gasteiger partial charge on any atom is 0.240 e. The summed E-state index contributed by atoms with van der Waals surface area (Å²) in [6, 6.07) is 0.383. The van der Waals surface area contributed by atoms with Crippen molar-refractivity contribution in [2.45, 2.75) is 70.9 Å². The van der Waals surface area contributed by atoms with Crippen molar-refractivity contribution in [3.8, 4) is 0 Å². The van der Waals surface area contributed by atoms with E-state index in [2.05, 4.69) is 45.1 Å². The number of carbonyl (C=O) groups excluding carboxylic acids is 1. The number of nitrogens with two attached hydrogens (primary N) is 1. The van der Waals surface area contributed by atoms with Gasteiger partial charge in [-0.2, -0.15) is 0 Å². The Labute approximate surface area is 130 Å². The number of nitrogens with zero attached hydrogens (tertiary/aromatic N) is 1. The SMILES string of the molecule is CCC(CC)C(CNC(=O)C1(N)CCCC(C)C1)N(C)C. The summed E-state index contributed by atoms with van der Waals surface area (Å²) in [5.41, 5.74) is 5.72. The Morgan fingerprint density at radius 3 is 2.48 bits per heavy atom. The van der Waals surface area contributed by atoms with Gasteiger partial charge in [-0.05, 0) is 38.8 Å². The molecule has 124 valence electrons. The van der Waals surface area contributed by atoms with Gasteiger partial charge in [0.05, 0.1) is 5.54 Å². The summed E-state index contributed by atoms with van der Waals surface area (Å²) in [5.74, 6) is 1.21. The van der Waals surface area contributed by atoms with Gasteiger partial charge in [0, 0.05) is 12.6 Å². The topological polar surface area (TPSA) is 58.4 Å². The van der Waals surface area contributed by atoms with Crippen LogP contribution in [0.4, 0.5) is 0 Å². The standard InChI is InChI=1S/C17H35N3O/c1-6-14(7-2)15(20(4)5)12-19-16(21)17(18)10-8-9-13(3)11-17/h13-15H,6-12,18H2,1-5H3,(H,19,21). The predicted molar refractivity (Wildman–Crippen MR) is 89.1 cm³/mol. The fraction of sp³-hybridized carbons (Fsp3) is 0.941. The molecule has 1 aliphatic carbocycles. The molecular formula is C17H35N3O. The third kappa shape index (κ3) is 4.96. The first kappa shape index (κ1) is 18.4. The highest BCUT2D eigenvalue weighted by Gasteiger charge is 2.38. The number of amides is 1. The van der Waals surface area contributed by atoms with Gasteiger partial charge in [-0.25, -0.2) is 0 Å². The van der Waals surface area contributed by atoms with Gasteiger partial charge < -0.3 is 16.0 Å². The molecule has 4 nitrogen and oxygen atoms in total. The molecule has 0 radical (unpaired) electrons. The minimum absolute atomic E-state index is 0.0480. The van der Waals surface area contributed by atoms with Gasteiger partial charge in [0.15, 0.2) is 0 Å². The number of nitrogens with one attached hydrogen (secondary N) is 1. The van der Waals surface area contributed by atoms with Gasteiger partial charge in [0.2, 0.25) is 5.91 Å². The maximum atomic E-state index is 12.5. The molecule has 0 saturated heterocycles. The third-order valence-corrected chi connectivity index (χ3v) is 5.21. The normalized spacial score (nSPS) is 27.9. The lowest BCUT2D eigenvalue weighted by Gasteiger charge is -2.37. The van der Waals surface area contributed by atoms with E-state index in [0.717, 1.165) is 32.1 Å². The molecule has 1 amide bonds. The van der Waals surface area contributed by atoms with Crippen LogP contribution >= 0.6 is 0 Å². The highest BCUT2D eigenvalue weighted by molar-refractivity contribution is 5.86. The van der Waals surface area contributed by atoms with Crippen molar-refractivity contribution in [2.75, 3.05) is 20.6 Å². The highest BCUT2D eigenvalue weighted by Crippen LogP contribution is 2.30. The third-order valence-electron chi connectivity index (χ3n) is 5.21. The van der Waals surface area contributed by atoms with E-state index in [9.17, 15) is 4.79 Å². The number of likely N-dealkylation sites (N-methyl/N-ethyl adjacent to an activating group) is 1. The molecule has 4 heteroatoms. The van der Waals surface area contributed by atoms with Gasteiger partial charge in [0.25, 0.3) is 0 Å². The van der Waals surface area contributed by atoms with Crippen molar-refractivity contribution in [2.24, 2.45) is 17.6 Å². The van der Waals surface area contributed by atoms with Crippen molar-refractivity contribution in [3.63, 3.8) is 0 Å². The van der Waals surface area contributed by atoms with Crippen LogP contribution in [0, 0.1) is 11.8 Å². The molecule has 3 N–H and O–H groups in total. The van der Waals surface area contributed by atoms with E-state index >= 15 is 0 Å². The molecule has 1 aliphatic rings. The summed E-state index contributed by atoms with van der Waals surface area (Å²) in [4.78, 5) is 14.8. The molecule has 1 saturated carbocycles. The Morgan fingerprint density at radius 1 is 1.38 bits per heavy atom. The first-order chi connectivity index (χ1) is 9.84. The van der Waals surface area contributed by atoms with Gasteiger partial charge in [-0.1, -0.05) is 46.5 Å². The molecule has 0 aromatic heterocycles. The molecule has 3 unspecified atom stereocenters. The van der Waals surface area contributed by atoms with Gasteiger partial charge >= 0.3 is 0 Å². The van der Waals surface area contributed by atoms with Crippen LogP contribution in [0.15, 0.2) is 0 Å². The van der Waals surface area contributed by atoms with Crippen LogP contribution in [0.2, 0.25) is 0 Å². The molecule has 0 spiro atoms. The zero-order valence-electron chi connectivity index (χ0n) is 14.6. The largest absolute Gasteiger partial charge is 0.353 e. The van der Waals surface area contributed by atoms with Crippen molar-refractivity contribution < 1.29 is 4.79 Å². The van der Waals surface area contributed by atoms with Crippen LogP contribution in [0.5, 0.6) is 0 Å². The second kappa shape index (κ2) is 8.14. The van der Waals surface area contributed by atoms with Crippen LogP contribution in [0.1, 0.15) is 59.3 Å². The fourth-order valence-corrected chi connectivity index (χ4v) is 3.78. The molecule has 0 aromatic rings. The van der Waals surface area contributed by atoms with E-state index in [1.54, 1.807) is 0 Å². The lowest BCUT2D eigenvalue weighted by molar-refractivity contribution is -0.128. The average molecular weight is 297 g/mol. The second-order valence-corrected chi connectivity index (χ2v) is 7.18. The quantitative estimate of drug-likeness (QED) is 0.758. The number of hydrogen-bond acceptors (Lipinski definition) is 3. The maximum absolute atomic E-state index is 12.5. The Balaban J connectivity index is 2.60. The van der Waals surface area contributed by atoms with E-state index in [-0.39, 0.29) is 5.91 Å². The summed E-state index contributed by atoms with van der Waals surface area (Å²) in [5, 5.41) is 3.14. The zero-order chi connectivity index (χ0) is 16.0. The molecule has 1 fully saturated rings. The number of rotatable bonds is 7. The molecule has 0 aliphatic heterocycles. The first-order valence-electron chi connectivity index (χ1n) is 8.57. The predicted octanol–water partition coefficient (Wildman–Crippen LogP) is 2.38. The Kier molecular flexibility index (Phi) is 7.14. The second-order valence-electron chi connectivity index (χ2n) is 7.18. The minimum Gasteiger partial charge on any atom is -0.353 e.